The van der Waals surface area contributed by atoms with Crippen molar-refractivity contribution < 1.29 is 9.47 Å². The van der Waals surface area contributed by atoms with E-state index >= 15 is 0 Å². The Hall–Kier alpha value is -2.23. The number of hydrogen-bond donors (Lipinski definition) is 2. The summed E-state index contributed by atoms with van der Waals surface area (Å²) in [5.41, 5.74) is 2.12. The van der Waals surface area contributed by atoms with E-state index in [-0.39, 0.29) is 24.0 Å². The third-order valence-electron chi connectivity index (χ3n) is 4.06. The van der Waals surface area contributed by atoms with Crippen LogP contribution in [-0.2, 0) is 13.0 Å². The minimum Gasteiger partial charge on any atom is -0.493 e. The van der Waals surface area contributed by atoms with Crippen LogP contribution in [0.1, 0.15) is 11.3 Å². The molecular formula is C20H30IN5O2. The number of hydrogen-bond acceptors (Lipinski definition) is 5. The van der Waals surface area contributed by atoms with Crippen molar-refractivity contribution in [2.45, 2.75) is 13.0 Å². The van der Waals surface area contributed by atoms with Gasteiger partial charge in [-0.2, -0.15) is 0 Å². The van der Waals surface area contributed by atoms with Crippen molar-refractivity contribution in [2.24, 2.45) is 4.99 Å². The average Bonchev–Trinajstić information content (AvgIpc) is 2.70. The lowest BCUT2D eigenvalue weighted by Crippen LogP contribution is -2.38. The van der Waals surface area contributed by atoms with Crippen LogP contribution in [0.4, 0.5) is 5.82 Å². The molecule has 0 atom stereocenters. The lowest BCUT2D eigenvalue weighted by molar-refractivity contribution is 0.354. The minimum atomic E-state index is 0. The van der Waals surface area contributed by atoms with Gasteiger partial charge in [0.15, 0.2) is 17.5 Å². The fourth-order valence-corrected chi connectivity index (χ4v) is 2.57. The zero-order chi connectivity index (χ0) is 19.6. The highest BCUT2D eigenvalue weighted by atomic mass is 127. The molecule has 0 unspecified atom stereocenters. The van der Waals surface area contributed by atoms with E-state index in [4.69, 9.17) is 9.47 Å². The number of halogens is 1. The number of anilines is 1. The molecule has 1 heterocycles. The van der Waals surface area contributed by atoms with Crippen molar-refractivity contribution in [2.75, 3.05) is 46.8 Å². The second-order valence-electron chi connectivity index (χ2n) is 6.17. The van der Waals surface area contributed by atoms with Gasteiger partial charge in [0.1, 0.15) is 5.82 Å². The second kappa shape index (κ2) is 12.3. The van der Waals surface area contributed by atoms with E-state index < -0.39 is 0 Å². The first kappa shape index (κ1) is 23.8. The predicted octanol–water partition coefficient (Wildman–Crippen LogP) is 2.69. The largest absolute Gasteiger partial charge is 0.493 e. The Bertz CT molecular complexity index is 768. The Balaban J connectivity index is 0.00000392. The van der Waals surface area contributed by atoms with E-state index in [1.807, 2.05) is 55.4 Å². The highest BCUT2D eigenvalue weighted by Gasteiger charge is 2.05. The third-order valence-corrected chi connectivity index (χ3v) is 4.06. The summed E-state index contributed by atoms with van der Waals surface area (Å²) in [6.45, 7) is 1.36. The van der Waals surface area contributed by atoms with Gasteiger partial charge < -0.3 is 25.0 Å². The third kappa shape index (κ3) is 7.06. The smallest absolute Gasteiger partial charge is 0.191 e. The Kier molecular flexibility index (Phi) is 10.4. The number of rotatable bonds is 8. The maximum Gasteiger partial charge on any atom is 0.191 e. The van der Waals surface area contributed by atoms with Crippen molar-refractivity contribution >= 4 is 35.8 Å². The zero-order valence-corrected chi connectivity index (χ0v) is 19.5. The van der Waals surface area contributed by atoms with Gasteiger partial charge >= 0.3 is 0 Å². The van der Waals surface area contributed by atoms with Crippen LogP contribution in [-0.4, -0.2) is 52.9 Å². The van der Waals surface area contributed by atoms with Gasteiger partial charge in [-0.15, -0.1) is 24.0 Å². The number of aromatic nitrogens is 1. The van der Waals surface area contributed by atoms with Crippen LogP contribution >= 0.6 is 24.0 Å². The molecule has 2 N–H and O–H groups in total. The Labute approximate surface area is 184 Å². The maximum absolute atomic E-state index is 5.35. The van der Waals surface area contributed by atoms with Crippen LogP contribution < -0.4 is 25.0 Å². The lowest BCUT2D eigenvalue weighted by Gasteiger charge is -2.14. The normalized spacial score (nSPS) is 10.7. The molecule has 2 rings (SSSR count). The van der Waals surface area contributed by atoms with Gasteiger partial charge in [0.05, 0.1) is 26.5 Å². The number of ether oxygens (including phenoxy) is 2. The van der Waals surface area contributed by atoms with E-state index in [1.165, 1.54) is 0 Å². The molecule has 1 aromatic carbocycles. The molecule has 0 aliphatic rings. The Morgan fingerprint density at radius 3 is 2.46 bits per heavy atom. The molecule has 0 aliphatic heterocycles. The van der Waals surface area contributed by atoms with Crippen LogP contribution in [0.2, 0.25) is 0 Å². The first-order chi connectivity index (χ1) is 13.1. The van der Waals surface area contributed by atoms with Crippen LogP contribution in [0.25, 0.3) is 0 Å². The van der Waals surface area contributed by atoms with Gasteiger partial charge in [-0.05, 0) is 36.2 Å². The fourth-order valence-electron chi connectivity index (χ4n) is 2.57. The van der Waals surface area contributed by atoms with Gasteiger partial charge in [-0.25, -0.2) is 4.98 Å². The summed E-state index contributed by atoms with van der Waals surface area (Å²) in [5, 5.41) is 6.61. The first-order valence-electron chi connectivity index (χ1n) is 8.86. The Morgan fingerprint density at radius 1 is 1.07 bits per heavy atom. The molecule has 0 bridgehead atoms. The number of nitrogens with one attached hydrogen (secondary N) is 2. The fraction of sp³-hybridized carbons (Fsp3) is 0.400. The Morgan fingerprint density at radius 2 is 1.82 bits per heavy atom. The molecule has 154 valence electrons. The minimum absolute atomic E-state index is 0. The summed E-state index contributed by atoms with van der Waals surface area (Å²) in [6.07, 6.45) is 0.843. The molecule has 0 fully saturated rings. The van der Waals surface area contributed by atoms with Crippen molar-refractivity contribution in [3.05, 3.63) is 47.7 Å². The summed E-state index contributed by atoms with van der Waals surface area (Å²) < 4.78 is 10.6. The van der Waals surface area contributed by atoms with E-state index in [2.05, 4.69) is 20.6 Å². The van der Waals surface area contributed by atoms with Crippen LogP contribution in [0.3, 0.4) is 0 Å². The molecule has 2 aromatic rings. The van der Waals surface area contributed by atoms with Crippen molar-refractivity contribution in [3.8, 4) is 11.5 Å². The molecule has 0 amide bonds. The number of methoxy groups -OCH3 is 2. The van der Waals surface area contributed by atoms with Crippen LogP contribution in [0, 0.1) is 0 Å². The van der Waals surface area contributed by atoms with Gasteiger partial charge in [0, 0.05) is 27.7 Å². The molecule has 0 aliphatic carbocycles. The summed E-state index contributed by atoms with van der Waals surface area (Å²) in [7, 11) is 9.00. The molecular weight excluding hydrogens is 469 g/mol. The molecule has 7 nitrogen and oxygen atoms in total. The first-order valence-corrected chi connectivity index (χ1v) is 8.86. The standard InChI is InChI=1S/C20H29N5O2.HI/c1-21-20(23-14-16-7-6-8-19(24-16)25(2)3)22-12-11-15-9-10-17(26-4)18(13-15)27-5;/h6-10,13H,11-12,14H2,1-5H3,(H2,21,22,23);1H. The second-order valence-corrected chi connectivity index (χ2v) is 6.17. The van der Waals surface area contributed by atoms with Crippen molar-refractivity contribution in [3.63, 3.8) is 0 Å². The topological polar surface area (TPSA) is 71.0 Å². The molecule has 28 heavy (non-hydrogen) atoms. The number of aliphatic imine (C=N–C) groups is 1. The van der Waals surface area contributed by atoms with E-state index in [9.17, 15) is 0 Å². The molecule has 1 aromatic heterocycles. The highest BCUT2D eigenvalue weighted by Crippen LogP contribution is 2.27. The van der Waals surface area contributed by atoms with Gasteiger partial charge in [-0.3, -0.25) is 4.99 Å². The van der Waals surface area contributed by atoms with E-state index in [1.54, 1.807) is 21.3 Å². The monoisotopic (exact) mass is 499 g/mol. The summed E-state index contributed by atoms with van der Waals surface area (Å²) in [5.74, 6) is 3.15. The zero-order valence-electron chi connectivity index (χ0n) is 17.2. The summed E-state index contributed by atoms with van der Waals surface area (Å²) in [4.78, 5) is 10.8. The molecule has 8 heteroatoms. The van der Waals surface area contributed by atoms with Crippen molar-refractivity contribution in [1.29, 1.82) is 0 Å². The predicted molar refractivity (Wildman–Crippen MR) is 125 cm³/mol. The van der Waals surface area contributed by atoms with Crippen molar-refractivity contribution in [1.82, 2.24) is 15.6 Å². The summed E-state index contributed by atoms with van der Waals surface area (Å²) in [6, 6.07) is 11.9. The lowest BCUT2D eigenvalue weighted by atomic mass is 10.1. The van der Waals surface area contributed by atoms with E-state index in [0.717, 1.165) is 47.5 Å². The summed E-state index contributed by atoms with van der Waals surface area (Å²) >= 11 is 0. The quantitative estimate of drug-likeness (QED) is 0.331. The number of guanidine groups is 1. The molecule has 0 saturated carbocycles. The van der Waals surface area contributed by atoms with Crippen LogP contribution in [0.15, 0.2) is 41.4 Å². The average molecular weight is 499 g/mol. The van der Waals surface area contributed by atoms with Gasteiger partial charge in [0.25, 0.3) is 0 Å². The SMILES string of the molecule is CN=C(NCCc1ccc(OC)c(OC)c1)NCc1cccc(N(C)C)n1.I. The molecule has 0 radical (unpaired) electrons. The van der Waals surface area contributed by atoms with Crippen LogP contribution in [0.5, 0.6) is 11.5 Å². The highest BCUT2D eigenvalue weighted by molar-refractivity contribution is 14.0. The molecule has 0 saturated heterocycles. The number of pyridine rings is 1. The van der Waals surface area contributed by atoms with E-state index in [0.29, 0.717) is 6.54 Å². The van der Waals surface area contributed by atoms with Gasteiger partial charge in [-0.1, -0.05) is 12.1 Å². The van der Waals surface area contributed by atoms with Gasteiger partial charge in [0.2, 0.25) is 0 Å². The molecule has 0 spiro atoms. The number of nitrogens with zero attached hydrogens (tertiary/aromatic N) is 3. The maximum atomic E-state index is 5.35. The number of benzene rings is 1.